The Kier molecular flexibility index (Phi) is 3.50. The van der Waals surface area contributed by atoms with E-state index >= 15 is 0 Å². The fraction of sp³-hybridized carbons (Fsp3) is 0.0500. The van der Waals surface area contributed by atoms with Crippen LogP contribution in [-0.2, 0) is 0 Å². The molecule has 0 radical (unpaired) electrons. The van der Waals surface area contributed by atoms with Crippen LogP contribution < -0.4 is 0 Å². The van der Waals surface area contributed by atoms with Crippen molar-refractivity contribution in [3.05, 3.63) is 78.2 Å². The summed E-state index contributed by atoms with van der Waals surface area (Å²) in [7, 11) is 0. The number of aromatic nitrogens is 2. The van der Waals surface area contributed by atoms with Gasteiger partial charge in [-0.1, -0.05) is 42.5 Å². The summed E-state index contributed by atoms with van der Waals surface area (Å²) < 4.78 is 19.7. The van der Waals surface area contributed by atoms with Crippen LogP contribution >= 0.6 is 0 Å². The number of nitrogens with one attached hydrogen (secondary N) is 1. The average molecular weight is 318 g/mol. The van der Waals surface area contributed by atoms with Gasteiger partial charge in [0.25, 0.3) is 0 Å². The highest BCUT2D eigenvalue weighted by molar-refractivity contribution is 5.67. The van der Waals surface area contributed by atoms with Gasteiger partial charge in [-0.05, 0) is 31.2 Å². The number of nitrogens with zero attached hydrogens (tertiary/aromatic N) is 1. The smallest absolute Gasteiger partial charge is 0.174 e. The van der Waals surface area contributed by atoms with Gasteiger partial charge in [0, 0.05) is 11.3 Å². The molecule has 118 valence electrons. The molecule has 2 aromatic heterocycles. The maximum Gasteiger partial charge on any atom is 0.174 e. The van der Waals surface area contributed by atoms with Crippen LogP contribution in [0.25, 0.3) is 34.2 Å². The Labute approximate surface area is 138 Å². The number of hydrogen-bond acceptors (Lipinski definition) is 2. The Hall–Kier alpha value is -3.14. The zero-order chi connectivity index (χ0) is 16.5. The fourth-order valence-electron chi connectivity index (χ4n) is 2.73. The lowest BCUT2D eigenvalue weighted by molar-refractivity contribution is 0.578. The lowest BCUT2D eigenvalue weighted by atomic mass is 10.1. The first-order chi connectivity index (χ1) is 11.7. The second-order valence-electron chi connectivity index (χ2n) is 5.57. The molecule has 0 saturated carbocycles. The van der Waals surface area contributed by atoms with Gasteiger partial charge >= 0.3 is 0 Å². The third kappa shape index (κ3) is 2.52. The minimum atomic E-state index is -0.306. The molecule has 2 heterocycles. The highest BCUT2D eigenvalue weighted by Crippen LogP contribution is 2.31. The molecule has 0 unspecified atom stereocenters. The molecule has 0 bridgehead atoms. The van der Waals surface area contributed by atoms with Gasteiger partial charge in [0.15, 0.2) is 11.6 Å². The minimum Gasteiger partial charge on any atom is -0.453 e. The monoisotopic (exact) mass is 318 g/mol. The van der Waals surface area contributed by atoms with Crippen molar-refractivity contribution < 1.29 is 8.81 Å². The predicted molar refractivity (Wildman–Crippen MR) is 91.9 cm³/mol. The summed E-state index contributed by atoms with van der Waals surface area (Å²) >= 11 is 0. The summed E-state index contributed by atoms with van der Waals surface area (Å²) in [5.41, 5.74) is 3.32. The predicted octanol–water partition coefficient (Wildman–Crippen LogP) is 5.45. The van der Waals surface area contributed by atoms with Crippen molar-refractivity contribution >= 4 is 0 Å². The van der Waals surface area contributed by atoms with Crippen LogP contribution in [0.5, 0.6) is 0 Å². The van der Waals surface area contributed by atoms with Gasteiger partial charge in [-0.15, -0.1) is 0 Å². The molecule has 2 aromatic carbocycles. The van der Waals surface area contributed by atoms with Crippen molar-refractivity contribution in [1.29, 1.82) is 0 Å². The normalized spacial score (nSPS) is 10.9. The molecule has 0 amide bonds. The highest BCUT2D eigenvalue weighted by atomic mass is 19.1. The van der Waals surface area contributed by atoms with E-state index in [4.69, 9.17) is 4.42 Å². The SMILES string of the molecule is Cc1[nH]c(-c2ccc(-c3ccccc3F)o2)nc1-c1ccccc1. The molecule has 4 rings (SSSR count). The van der Waals surface area contributed by atoms with Crippen LogP contribution in [0.2, 0.25) is 0 Å². The molecule has 1 N–H and O–H groups in total. The molecule has 0 aliphatic heterocycles. The van der Waals surface area contributed by atoms with Crippen molar-refractivity contribution in [3.63, 3.8) is 0 Å². The van der Waals surface area contributed by atoms with E-state index in [-0.39, 0.29) is 5.82 Å². The Bertz CT molecular complexity index is 986. The Morgan fingerprint density at radius 3 is 2.38 bits per heavy atom. The molecule has 24 heavy (non-hydrogen) atoms. The van der Waals surface area contributed by atoms with Crippen molar-refractivity contribution in [3.8, 4) is 34.2 Å². The number of hydrogen-bond donors (Lipinski definition) is 1. The number of aryl methyl sites for hydroxylation is 1. The lowest BCUT2D eigenvalue weighted by Gasteiger charge is -1.98. The van der Waals surface area contributed by atoms with E-state index in [1.54, 1.807) is 30.3 Å². The van der Waals surface area contributed by atoms with Crippen LogP contribution in [0.15, 0.2) is 71.1 Å². The third-order valence-electron chi connectivity index (χ3n) is 3.91. The van der Waals surface area contributed by atoms with Crippen LogP contribution in [0.1, 0.15) is 5.69 Å². The Balaban J connectivity index is 1.72. The first-order valence-electron chi connectivity index (χ1n) is 7.69. The second kappa shape index (κ2) is 5.81. The van der Waals surface area contributed by atoms with E-state index in [1.807, 2.05) is 37.3 Å². The van der Waals surface area contributed by atoms with Gasteiger partial charge in [0.2, 0.25) is 0 Å². The van der Waals surface area contributed by atoms with Crippen molar-refractivity contribution in [2.24, 2.45) is 0 Å². The summed E-state index contributed by atoms with van der Waals surface area (Å²) in [6.45, 7) is 1.97. The largest absolute Gasteiger partial charge is 0.453 e. The first-order valence-corrected chi connectivity index (χ1v) is 7.69. The Morgan fingerprint density at radius 1 is 0.875 bits per heavy atom. The van der Waals surface area contributed by atoms with E-state index < -0.39 is 0 Å². The lowest BCUT2D eigenvalue weighted by Crippen LogP contribution is -1.81. The van der Waals surface area contributed by atoms with Gasteiger partial charge in [-0.25, -0.2) is 9.37 Å². The average Bonchev–Trinajstić information content (AvgIpc) is 3.23. The highest BCUT2D eigenvalue weighted by Gasteiger charge is 2.15. The maximum absolute atomic E-state index is 13.9. The molecule has 0 atom stereocenters. The Morgan fingerprint density at radius 2 is 1.58 bits per heavy atom. The second-order valence-corrected chi connectivity index (χ2v) is 5.57. The summed E-state index contributed by atoms with van der Waals surface area (Å²) in [6, 6.07) is 20.1. The van der Waals surface area contributed by atoms with Gasteiger partial charge in [0.05, 0.1) is 11.3 Å². The molecule has 0 aliphatic carbocycles. The van der Waals surface area contributed by atoms with Crippen LogP contribution in [-0.4, -0.2) is 9.97 Å². The van der Waals surface area contributed by atoms with Crippen molar-refractivity contribution in [2.75, 3.05) is 0 Å². The van der Waals surface area contributed by atoms with Gasteiger partial charge < -0.3 is 9.40 Å². The molecule has 4 heteroatoms. The molecule has 3 nitrogen and oxygen atoms in total. The zero-order valence-electron chi connectivity index (χ0n) is 13.1. The third-order valence-corrected chi connectivity index (χ3v) is 3.91. The number of H-pyrrole nitrogens is 1. The number of aromatic amines is 1. The number of halogens is 1. The number of benzene rings is 2. The molecule has 0 fully saturated rings. The zero-order valence-corrected chi connectivity index (χ0v) is 13.1. The summed E-state index contributed by atoms with van der Waals surface area (Å²) in [4.78, 5) is 7.88. The summed E-state index contributed by atoms with van der Waals surface area (Å²) in [5.74, 6) is 1.39. The maximum atomic E-state index is 13.9. The molecule has 4 aromatic rings. The molecule has 0 spiro atoms. The van der Waals surface area contributed by atoms with Gasteiger partial charge in [0.1, 0.15) is 11.6 Å². The molecular formula is C20H15FN2O. The quantitative estimate of drug-likeness (QED) is 0.545. The van der Waals surface area contributed by atoms with Crippen molar-refractivity contribution in [1.82, 2.24) is 9.97 Å². The van der Waals surface area contributed by atoms with Gasteiger partial charge in [-0.3, -0.25) is 0 Å². The van der Waals surface area contributed by atoms with Crippen LogP contribution in [0, 0.1) is 12.7 Å². The summed E-state index contributed by atoms with van der Waals surface area (Å²) in [5, 5.41) is 0. The van der Waals surface area contributed by atoms with E-state index in [0.29, 0.717) is 22.9 Å². The number of imidazole rings is 1. The van der Waals surface area contributed by atoms with Gasteiger partial charge in [-0.2, -0.15) is 0 Å². The number of rotatable bonds is 3. The fourth-order valence-corrected chi connectivity index (χ4v) is 2.73. The van der Waals surface area contributed by atoms with E-state index in [0.717, 1.165) is 17.0 Å². The number of furan rings is 1. The van der Waals surface area contributed by atoms with E-state index in [2.05, 4.69) is 9.97 Å². The van der Waals surface area contributed by atoms with E-state index in [1.165, 1.54) is 6.07 Å². The van der Waals surface area contributed by atoms with Crippen LogP contribution in [0.4, 0.5) is 4.39 Å². The molecular weight excluding hydrogens is 303 g/mol. The topological polar surface area (TPSA) is 41.8 Å². The molecule has 0 aliphatic rings. The molecule has 0 saturated heterocycles. The van der Waals surface area contributed by atoms with E-state index in [9.17, 15) is 4.39 Å². The standard InChI is InChI=1S/C20H15FN2O/c1-13-19(14-7-3-2-4-8-14)23-20(22-13)18-12-11-17(24-18)15-9-5-6-10-16(15)21/h2-12H,1H3,(H,22,23). The van der Waals surface area contributed by atoms with Crippen LogP contribution in [0.3, 0.4) is 0 Å². The summed E-state index contributed by atoms with van der Waals surface area (Å²) in [6.07, 6.45) is 0. The minimum absolute atomic E-state index is 0.306. The van der Waals surface area contributed by atoms with Crippen molar-refractivity contribution in [2.45, 2.75) is 6.92 Å². The first kappa shape index (κ1) is 14.5.